The molecule has 4 nitrogen and oxygen atoms in total. The Hall–Kier alpha value is -6.29. The second-order valence-corrected chi connectivity index (χ2v) is 20.1. The maximum absolute atomic E-state index is 6.99. The minimum absolute atomic E-state index is 0.961. The Bertz CT molecular complexity index is 3150. The molecule has 0 N–H and O–H groups in total. The SMILES string of the molecule is c1ccc2sc([B-]3(c4cc5ccccc5s4)Oc4cccc5ccc[n+]3c45)cc2c1.c1ccc2sc([B-]3(c4cc5ccccc5s4)Oc4cccc5ccc[n+]3c45)cc2c1. The number of aromatic nitrogens is 2. The van der Waals surface area contributed by atoms with E-state index in [9.17, 15) is 0 Å². The number of nitrogens with zero attached hydrogens (tertiary/aromatic N) is 2. The maximum atomic E-state index is 6.99. The van der Waals surface area contributed by atoms with Crippen molar-refractivity contribution in [3.05, 3.63) is 194 Å². The van der Waals surface area contributed by atoms with E-state index in [4.69, 9.17) is 9.31 Å². The van der Waals surface area contributed by atoms with Crippen molar-refractivity contribution in [2.75, 3.05) is 0 Å². The highest BCUT2D eigenvalue weighted by Gasteiger charge is 2.54. The third-order valence-electron chi connectivity index (χ3n) is 12.3. The quantitative estimate of drug-likeness (QED) is 0.165. The zero-order valence-corrected chi connectivity index (χ0v) is 35.2. The van der Waals surface area contributed by atoms with Crippen molar-refractivity contribution < 1.29 is 18.3 Å². The summed E-state index contributed by atoms with van der Waals surface area (Å²) in [5.74, 6) is 1.92. The van der Waals surface area contributed by atoms with Gasteiger partial charge in [-0.15, -0.1) is 0 Å². The summed E-state index contributed by atoms with van der Waals surface area (Å²) in [5.41, 5.74) is 2.35. The molecule has 14 rings (SSSR count). The van der Waals surface area contributed by atoms with Crippen LogP contribution in [0.2, 0.25) is 0 Å². The van der Waals surface area contributed by atoms with Gasteiger partial charge in [-0.1, -0.05) is 109 Å². The molecule has 0 amide bonds. The first-order chi connectivity index (χ1) is 29.7. The summed E-state index contributed by atoms with van der Waals surface area (Å²) in [6.07, 6.45) is 4.38. The van der Waals surface area contributed by atoms with Crippen molar-refractivity contribution in [1.82, 2.24) is 0 Å². The van der Waals surface area contributed by atoms with Gasteiger partial charge < -0.3 is 18.3 Å². The monoisotopic (exact) mass is 842 g/mol. The zero-order valence-electron chi connectivity index (χ0n) is 32.0. The van der Waals surface area contributed by atoms with Gasteiger partial charge >= 0.3 is 13.0 Å². The van der Waals surface area contributed by atoms with E-state index in [0.29, 0.717) is 0 Å². The molecular weight excluding hydrogens is 810 g/mol. The van der Waals surface area contributed by atoms with Crippen molar-refractivity contribution in [1.29, 1.82) is 0 Å². The normalized spacial score (nSPS) is 14.5. The zero-order chi connectivity index (χ0) is 39.4. The molecule has 0 radical (unpaired) electrons. The maximum Gasteiger partial charge on any atom is 0.532 e. The molecule has 6 aromatic heterocycles. The molecule has 0 spiro atoms. The number of hydrogen-bond acceptors (Lipinski definition) is 6. The topological polar surface area (TPSA) is 26.2 Å². The van der Waals surface area contributed by atoms with E-state index in [1.165, 1.54) is 81.3 Å². The van der Waals surface area contributed by atoms with E-state index in [0.717, 1.165) is 11.5 Å². The van der Waals surface area contributed by atoms with Crippen molar-refractivity contribution in [2.24, 2.45) is 0 Å². The van der Waals surface area contributed by atoms with Crippen LogP contribution in [0.25, 0.3) is 62.2 Å². The summed E-state index contributed by atoms with van der Waals surface area (Å²) in [5, 5.41) is 7.50. The highest BCUT2D eigenvalue weighted by atomic mass is 32.1. The lowest BCUT2D eigenvalue weighted by molar-refractivity contribution is -0.515. The summed E-state index contributed by atoms with van der Waals surface area (Å²) in [7, 11) is 0. The molecule has 284 valence electrons. The fraction of sp³-hybridized carbons (Fsp3) is 0. The molecule has 6 aromatic carbocycles. The highest BCUT2D eigenvalue weighted by molar-refractivity contribution is 7.39. The Morgan fingerprint density at radius 1 is 0.317 bits per heavy atom. The van der Waals surface area contributed by atoms with Crippen molar-refractivity contribution in [3.8, 4) is 11.5 Å². The van der Waals surface area contributed by atoms with Crippen molar-refractivity contribution in [3.63, 3.8) is 0 Å². The Labute approximate surface area is 361 Å². The third kappa shape index (κ3) is 4.96. The van der Waals surface area contributed by atoms with Gasteiger partial charge in [-0.2, -0.15) is 45.3 Å². The first kappa shape index (κ1) is 34.6. The van der Waals surface area contributed by atoms with Crippen LogP contribution in [-0.4, -0.2) is 13.0 Å². The predicted molar refractivity (Wildman–Crippen MR) is 258 cm³/mol. The number of fused-ring (bicyclic) bond motifs is 4. The second-order valence-electron chi connectivity index (χ2n) is 15.7. The van der Waals surface area contributed by atoms with Crippen LogP contribution in [0.15, 0.2) is 194 Å². The largest absolute Gasteiger partial charge is 0.646 e. The van der Waals surface area contributed by atoms with Gasteiger partial charge in [0.1, 0.15) is 23.9 Å². The lowest BCUT2D eigenvalue weighted by Crippen LogP contribution is -2.78. The number of pyridine rings is 2. The standard InChI is InChI=1S/2C25H16BNOS2/c2*1-3-12-21-18(7-1)15-23(29-21)26(24-16-19-8-2-4-13-22(19)30-24)27-14-6-10-17-9-5-11-20(28-26)25(17)27/h2*1-16H. The lowest BCUT2D eigenvalue weighted by atomic mass is 9.49. The summed E-state index contributed by atoms with van der Waals surface area (Å²) < 4.78 is 29.0. The Balaban J connectivity index is 0.000000123. The number of hydrogen-bond donors (Lipinski definition) is 0. The fourth-order valence-corrected chi connectivity index (χ4v) is 14.9. The van der Waals surface area contributed by atoms with Crippen molar-refractivity contribution in [2.45, 2.75) is 0 Å². The second kappa shape index (κ2) is 13.1. The smallest absolute Gasteiger partial charge is 0.532 e. The van der Waals surface area contributed by atoms with Crippen LogP contribution < -0.4 is 37.4 Å². The predicted octanol–water partition coefficient (Wildman–Crippen LogP) is 10.1. The van der Waals surface area contributed by atoms with E-state index in [1.54, 1.807) is 0 Å². The van der Waals surface area contributed by atoms with Crippen LogP contribution in [0, 0.1) is 0 Å². The van der Waals surface area contributed by atoms with Gasteiger partial charge in [0, 0.05) is 29.6 Å². The molecule has 60 heavy (non-hydrogen) atoms. The van der Waals surface area contributed by atoms with Gasteiger partial charge in [-0.05, 0) is 113 Å². The minimum Gasteiger partial charge on any atom is -0.646 e. The fourth-order valence-electron chi connectivity index (χ4n) is 9.65. The van der Waals surface area contributed by atoms with Crippen molar-refractivity contribution >= 4 is 140 Å². The number of thiophene rings is 4. The lowest BCUT2D eigenvalue weighted by Gasteiger charge is -2.28. The van der Waals surface area contributed by atoms with Crippen LogP contribution in [0.4, 0.5) is 0 Å². The molecule has 2 aliphatic heterocycles. The average Bonchev–Trinajstić information content (AvgIpc) is 4.15. The van der Waals surface area contributed by atoms with Crippen LogP contribution in [-0.2, 0) is 0 Å². The molecule has 0 unspecified atom stereocenters. The van der Waals surface area contributed by atoms with Gasteiger partial charge in [0.15, 0.2) is 0 Å². The molecule has 0 atom stereocenters. The van der Waals surface area contributed by atoms with Crippen LogP contribution in [0.3, 0.4) is 0 Å². The molecule has 0 saturated heterocycles. The molecule has 0 aliphatic carbocycles. The number of rotatable bonds is 4. The van der Waals surface area contributed by atoms with E-state index in [1.807, 2.05) is 45.3 Å². The summed E-state index contributed by atoms with van der Waals surface area (Å²) in [6.45, 7) is -3.20. The highest BCUT2D eigenvalue weighted by Crippen LogP contribution is 2.36. The molecule has 8 heterocycles. The first-order valence-corrected chi connectivity index (χ1v) is 23.4. The van der Waals surface area contributed by atoms with E-state index in [-0.39, 0.29) is 0 Å². The number of benzene rings is 6. The summed E-state index contributed by atoms with van der Waals surface area (Å²) in [4.78, 5) is 0. The number of para-hydroxylation sites is 2. The molecule has 12 aromatic rings. The molecule has 0 bridgehead atoms. The van der Waals surface area contributed by atoms with Gasteiger partial charge in [-0.3, -0.25) is 0 Å². The van der Waals surface area contributed by atoms with Crippen LogP contribution >= 0.6 is 45.3 Å². The van der Waals surface area contributed by atoms with Gasteiger partial charge in [0.05, 0.1) is 0 Å². The average molecular weight is 843 g/mol. The van der Waals surface area contributed by atoms with Gasteiger partial charge in [-0.25, -0.2) is 0 Å². The van der Waals surface area contributed by atoms with Crippen LogP contribution in [0.1, 0.15) is 0 Å². The Morgan fingerprint density at radius 2 is 0.617 bits per heavy atom. The van der Waals surface area contributed by atoms with E-state index < -0.39 is 13.0 Å². The molecular formula is C50H32B2N2O2S4. The Morgan fingerprint density at radius 3 is 0.950 bits per heavy atom. The third-order valence-corrected chi connectivity index (χ3v) is 17.4. The van der Waals surface area contributed by atoms with Crippen LogP contribution in [0.5, 0.6) is 11.5 Å². The summed E-state index contributed by atoms with van der Waals surface area (Å²) in [6, 6.07) is 65.0. The van der Waals surface area contributed by atoms with E-state index in [2.05, 4.69) is 203 Å². The first-order valence-electron chi connectivity index (χ1n) is 20.2. The minimum atomic E-state index is -1.60. The molecule has 2 aliphatic rings. The molecule has 0 fully saturated rings. The summed E-state index contributed by atoms with van der Waals surface area (Å²) >= 11 is 7.37. The molecule has 0 saturated carbocycles. The van der Waals surface area contributed by atoms with E-state index >= 15 is 0 Å². The molecule has 10 heteroatoms. The van der Waals surface area contributed by atoms with Gasteiger partial charge in [0.25, 0.3) is 0 Å². The van der Waals surface area contributed by atoms with Gasteiger partial charge in [0.2, 0.25) is 11.0 Å². The Kier molecular flexibility index (Phi) is 7.55.